The van der Waals surface area contributed by atoms with Crippen molar-refractivity contribution in [2.24, 2.45) is 0 Å². The minimum Gasteiger partial charge on any atom is -0.378 e. The predicted molar refractivity (Wildman–Crippen MR) is 128 cm³/mol. The van der Waals surface area contributed by atoms with Crippen LogP contribution in [0, 0.1) is 0 Å². The molecule has 0 radical (unpaired) electrons. The van der Waals surface area contributed by atoms with E-state index in [1.165, 1.54) is 27.6 Å². The first-order chi connectivity index (χ1) is 16.0. The average Bonchev–Trinajstić information content (AvgIpc) is 3.27. The molecule has 33 heavy (non-hydrogen) atoms. The monoisotopic (exact) mass is 448 g/mol. The Hall–Kier alpha value is -2.74. The van der Waals surface area contributed by atoms with Crippen LogP contribution >= 0.6 is 0 Å². The fraction of sp³-hybridized carbons (Fsp3) is 0.462. The number of nitrogens with one attached hydrogen (secondary N) is 2. The molecule has 4 heterocycles. The molecular weight excluding hydrogens is 416 g/mol. The van der Waals surface area contributed by atoms with E-state index in [0.717, 1.165) is 36.3 Å². The minimum absolute atomic E-state index is 0.0364. The van der Waals surface area contributed by atoms with E-state index in [2.05, 4.69) is 48.5 Å². The van der Waals surface area contributed by atoms with Gasteiger partial charge in [-0.1, -0.05) is 19.9 Å². The first-order valence-corrected chi connectivity index (χ1v) is 11.8. The van der Waals surface area contributed by atoms with Gasteiger partial charge in [0, 0.05) is 50.1 Å². The number of benzene rings is 1. The number of methoxy groups -OCH3 is 1. The van der Waals surface area contributed by atoms with Crippen molar-refractivity contribution in [1.82, 2.24) is 20.2 Å². The molecule has 1 aromatic carbocycles. The fourth-order valence-corrected chi connectivity index (χ4v) is 5.03. The lowest BCUT2D eigenvalue weighted by Crippen LogP contribution is -2.40. The van der Waals surface area contributed by atoms with E-state index < -0.39 is 0 Å². The normalized spacial score (nSPS) is 18.7. The maximum atomic E-state index is 12.5. The molecule has 2 aliphatic rings. The van der Waals surface area contributed by atoms with Crippen molar-refractivity contribution in [1.29, 1.82) is 0 Å². The van der Waals surface area contributed by atoms with E-state index in [4.69, 9.17) is 14.5 Å². The summed E-state index contributed by atoms with van der Waals surface area (Å²) in [6.07, 6.45) is 4.85. The number of fused-ring (bicyclic) bond motifs is 2. The highest BCUT2D eigenvalue weighted by molar-refractivity contribution is 5.85. The number of carbonyl (C=O) groups excluding carboxylic acids is 1. The standard InChI is InChI=1S/C26H32N4O3/c1-16(2)22-12-29-26-21(22)10-19(11-28-26)18-8-17-4-6-30(25(31)15-32-3)13-23(17)20(9-18)24-14-33-7-5-27-24/h8-12,16,24,27H,4-7,13-15H2,1-3H3,(H,28,29)/t24-/m0/s1. The van der Waals surface area contributed by atoms with Gasteiger partial charge in [0.25, 0.3) is 0 Å². The molecule has 0 saturated carbocycles. The Morgan fingerprint density at radius 2 is 2.18 bits per heavy atom. The highest BCUT2D eigenvalue weighted by atomic mass is 16.5. The third-order valence-corrected chi connectivity index (χ3v) is 6.81. The number of hydrogen-bond acceptors (Lipinski definition) is 5. The summed E-state index contributed by atoms with van der Waals surface area (Å²) in [6, 6.07) is 6.91. The van der Waals surface area contributed by atoms with Crippen LogP contribution in [0.5, 0.6) is 0 Å². The molecule has 0 spiro atoms. The summed E-state index contributed by atoms with van der Waals surface area (Å²) >= 11 is 0. The number of nitrogens with zero attached hydrogens (tertiary/aromatic N) is 2. The highest BCUT2D eigenvalue weighted by Crippen LogP contribution is 2.35. The van der Waals surface area contributed by atoms with Crippen molar-refractivity contribution < 1.29 is 14.3 Å². The molecule has 0 aliphatic carbocycles. The lowest BCUT2D eigenvalue weighted by Gasteiger charge is -2.34. The number of aromatic nitrogens is 2. The first kappa shape index (κ1) is 22.1. The molecule has 0 unspecified atom stereocenters. The average molecular weight is 449 g/mol. The quantitative estimate of drug-likeness (QED) is 0.624. The topological polar surface area (TPSA) is 79.5 Å². The molecule has 5 rings (SSSR count). The molecule has 1 atom stereocenters. The van der Waals surface area contributed by atoms with Crippen LogP contribution in [0.1, 0.15) is 48.1 Å². The van der Waals surface area contributed by atoms with Gasteiger partial charge in [-0.05, 0) is 52.3 Å². The van der Waals surface area contributed by atoms with Crippen molar-refractivity contribution >= 4 is 16.9 Å². The maximum absolute atomic E-state index is 12.5. The number of amides is 1. The number of hydrogen-bond donors (Lipinski definition) is 2. The summed E-state index contributed by atoms with van der Waals surface area (Å²) in [6.45, 7) is 8.03. The zero-order chi connectivity index (χ0) is 22.9. The fourth-order valence-electron chi connectivity index (χ4n) is 5.03. The molecule has 1 amide bonds. The van der Waals surface area contributed by atoms with E-state index in [0.29, 0.717) is 25.6 Å². The van der Waals surface area contributed by atoms with Gasteiger partial charge in [-0.15, -0.1) is 0 Å². The molecule has 3 aromatic rings. The summed E-state index contributed by atoms with van der Waals surface area (Å²) in [4.78, 5) is 22.4. The van der Waals surface area contributed by atoms with Gasteiger partial charge in [-0.2, -0.15) is 0 Å². The molecule has 174 valence electrons. The number of pyridine rings is 1. The van der Waals surface area contributed by atoms with Crippen LogP contribution in [-0.4, -0.2) is 60.8 Å². The molecule has 2 aliphatic heterocycles. The molecular formula is C26H32N4O3. The van der Waals surface area contributed by atoms with Crippen LogP contribution in [0.25, 0.3) is 22.2 Å². The zero-order valence-corrected chi connectivity index (χ0v) is 19.6. The summed E-state index contributed by atoms with van der Waals surface area (Å²) in [7, 11) is 1.57. The van der Waals surface area contributed by atoms with Gasteiger partial charge in [0.15, 0.2) is 0 Å². The molecule has 7 heteroatoms. The smallest absolute Gasteiger partial charge is 0.248 e. The highest BCUT2D eigenvalue weighted by Gasteiger charge is 2.27. The number of H-pyrrole nitrogens is 1. The van der Waals surface area contributed by atoms with Crippen LogP contribution in [0.3, 0.4) is 0 Å². The van der Waals surface area contributed by atoms with E-state index in [1.54, 1.807) is 7.11 Å². The number of carbonyl (C=O) groups is 1. The van der Waals surface area contributed by atoms with Gasteiger partial charge in [0.05, 0.1) is 19.3 Å². The third-order valence-electron chi connectivity index (χ3n) is 6.81. The number of morpholine rings is 1. The van der Waals surface area contributed by atoms with Crippen LogP contribution in [0.2, 0.25) is 0 Å². The Bertz CT molecular complexity index is 1160. The second-order valence-electron chi connectivity index (χ2n) is 9.30. The van der Waals surface area contributed by atoms with Crippen LogP contribution in [-0.2, 0) is 27.2 Å². The molecule has 2 N–H and O–H groups in total. The second kappa shape index (κ2) is 9.25. The summed E-state index contributed by atoms with van der Waals surface area (Å²) in [5, 5.41) is 4.79. The summed E-state index contributed by atoms with van der Waals surface area (Å²) in [5.74, 6) is 0.462. The van der Waals surface area contributed by atoms with Crippen LogP contribution < -0.4 is 5.32 Å². The SMILES string of the molecule is COCC(=O)N1CCc2cc(-c3cnc4[nH]cc(C(C)C)c4c3)cc([C@@H]3COCCN3)c2C1. The van der Waals surface area contributed by atoms with Gasteiger partial charge in [0.2, 0.25) is 5.91 Å². The Morgan fingerprint density at radius 3 is 2.94 bits per heavy atom. The van der Waals surface area contributed by atoms with Gasteiger partial charge in [0.1, 0.15) is 12.3 Å². The minimum atomic E-state index is 0.0364. The number of aromatic amines is 1. The Balaban J connectivity index is 1.58. The lowest BCUT2D eigenvalue weighted by molar-refractivity contribution is -0.136. The van der Waals surface area contributed by atoms with Crippen LogP contribution in [0.4, 0.5) is 0 Å². The molecule has 2 aromatic heterocycles. The van der Waals surface area contributed by atoms with Crippen LogP contribution in [0.15, 0.2) is 30.6 Å². The largest absolute Gasteiger partial charge is 0.378 e. The van der Waals surface area contributed by atoms with Crippen molar-refractivity contribution in [2.75, 3.05) is 40.0 Å². The van der Waals surface area contributed by atoms with Crippen molar-refractivity contribution in [2.45, 2.75) is 38.8 Å². The Labute approximate surface area is 194 Å². The number of rotatable bonds is 5. The predicted octanol–water partition coefficient (Wildman–Crippen LogP) is 3.55. The summed E-state index contributed by atoms with van der Waals surface area (Å²) < 4.78 is 10.9. The van der Waals surface area contributed by atoms with E-state index in [-0.39, 0.29) is 18.6 Å². The van der Waals surface area contributed by atoms with E-state index >= 15 is 0 Å². The van der Waals surface area contributed by atoms with Gasteiger partial charge in [-0.3, -0.25) is 4.79 Å². The Morgan fingerprint density at radius 1 is 1.30 bits per heavy atom. The molecule has 0 bridgehead atoms. The molecule has 1 saturated heterocycles. The molecule has 1 fully saturated rings. The van der Waals surface area contributed by atoms with Crippen molar-refractivity contribution in [3.05, 3.63) is 52.8 Å². The van der Waals surface area contributed by atoms with Gasteiger partial charge >= 0.3 is 0 Å². The van der Waals surface area contributed by atoms with E-state index in [9.17, 15) is 4.79 Å². The third kappa shape index (κ3) is 4.28. The second-order valence-corrected chi connectivity index (χ2v) is 9.30. The number of ether oxygens (including phenoxy) is 2. The van der Waals surface area contributed by atoms with Gasteiger partial charge < -0.3 is 24.7 Å². The first-order valence-electron chi connectivity index (χ1n) is 11.8. The van der Waals surface area contributed by atoms with Crippen molar-refractivity contribution in [3.63, 3.8) is 0 Å². The van der Waals surface area contributed by atoms with E-state index in [1.807, 2.05) is 11.1 Å². The zero-order valence-electron chi connectivity index (χ0n) is 19.6. The lowest BCUT2D eigenvalue weighted by atomic mass is 9.87. The Kier molecular flexibility index (Phi) is 6.19. The van der Waals surface area contributed by atoms with Crippen molar-refractivity contribution in [3.8, 4) is 11.1 Å². The molecule has 7 nitrogen and oxygen atoms in total. The maximum Gasteiger partial charge on any atom is 0.248 e. The van der Waals surface area contributed by atoms with Gasteiger partial charge in [-0.25, -0.2) is 4.98 Å². The summed E-state index contributed by atoms with van der Waals surface area (Å²) in [5.41, 5.74) is 8.24.